The highest BCUT2D eigenvalue weighted by Crippen LogP contribution is 2.26. The molecule has 14 heteroatoms. The van der Waals surface area contributed by atoms with Gasteiger partial charge in [-0.2, -0.15) is 8.42 Å². The van der Waals surface area contributed by atoms with Crippen LogP contribution in [0.1, 0.15) is 226 Å². The van der Waals surface area contributed by atoms with Crippen molar-refractivity contribution < 1.29 is 57.0 Å². The van der Waals surface area contributed by atoms with E-state index in [1.165, 1.54) is 154 Å². The molecule has 0 aromatic heterocycles. The van der Waals surface area contributed by atoms with Gasteiger partial charge in [-0.3, -0.25) is 9.35 Å². The van der Waals surface area contributed by atoms with Gasteiger partial charge in [0, 0.05) is 0 Å². The van der Waals surface area contributed by atoms with E-state index in [4.69, 9.17) is 9.47 Å². The van der Waals surface area contributed by atoms with Gasteiger partial charge in [0.25, 0.3) is 0 Å². The molecule has 1 heterocycles. The lowest BCUT2D eigenvalue weighted by molar-refractivity contribution is -0.298. The molecule has 0 bridgehead atoms. The van der Waals surface area contributed by atoms with Crippen LogP contribution in [0.15, 0.2) is 12.2 Å². The molecule has 1 amide bonds. The summed E-state index contributed by atoms with van der Waals surface area (Å²) in [5, 5.41) is 55.3. The topological polar surface area (TPSA) is 212 Å². The molecule has 0 spiro atoms. The lowest BCUT2D eigenvalue weighted by Crippen LogP contribution is -2.61. The summed E-state index contributed by atoms with van der Waals surface area (Å²) in [5.41, 5.74) is 0. The Morgan fingerprint density at radius 1 is 0.645 bits per heavy atom. The smallest absolute Gasteiger partial charge is 0.394 e. The summed E-state index contributed by atoms with van der Waals surface area (Å²) in [7, 11) is -5.12. The quantitative estimate of drug-likeness (QED) is 0.0173. The van der Waals surface area contributed by atoms with E-state index in [9.17, 15) is 43.3 Å². The van der Waals surface area contributed by atoms with E-state index in [-0.39, 0.29) is 6.42 Å². The molecule has 1 aliphatic rings. The van der Waals surface area contributed by atoms with Gasteiger partial charge in [0.1, 0.15) is 30.5 Å². The SMILES string of the molecule is CCCCCCCCCCCCC/C=C/[C@@H](O)[C@H](CO[C@@H]1O[C@H](CO)[C@H](O)[C@H](OS(=O)(=O)O)[C@H]1O)NC(=O)[C@H](O)CCCCCCCCCCCCCCCCCCCCCC. The zero-order valence-corrected chi connectivity index (χ0v) is 39.9. The van der Waals surface area contributed by atoms with Crippen LogP contribution in [0.5, 0.6) is 0 Å². The number of hydrogen-bond donors (Lipinski definition) is 7. The van der Waals surface area contributed by atoms with Gasteiger partial charge in [0.2, 0.25) is 5.91 Å². The van der Waals surface area contributed by atoms with Crippen molar-refractivity contribution in [3.63, 3.8) is 0 Å². The van der Waals surface area contributed by atoms with E-state index in [0.29, 0.717) is 12.8 Å². The van der Waals surface area contributed by atoms with Gasteiger partial charge in [-0.05, 0) is 19.3 Å². The molecule has 62 heavy (non-hydrogen) atoms. The summed E-state index contributed by atoms with van der Waals surface area (Å²) < 4.78 is 47.5. The second-order valence-corrected chi connectivity index (χ2v) is 19.0. The highest BCUT2D eigenvalue weighted by molar-refractivity contribution is 7.80. The number of rotatable bonds is 43. The minimum absolute atomic E-state index is 0.248. The van der Waals surface area contributed by atoms with Crippen LogP contribution in [0.3, 0.4) is 0 Å². The standard InChI is InChI=1S/C48H93NO12S/c1-3-5-7-9-11-13-15-17-18-19-20-21-22-23-25-27-29-31-33-35-37-42(52)47(55)49-40(41(51)36-34-32-30-28-26-24-16-14-12-10-8-6-4-2)39-59-48-45(54)46(61-62(56,57)58)44(53)43(38-50)60-48/h34,36,40-46,48,50-54H,3-33,35,37-39H2,1-2H3,(H,49,55)(H,56,57,58)/b36-34+/t40-,41+,42+,43+,44-,45+,46-,48+/m0/s1. The summed E-state index contributed by atoms with van der Waals surface area (Å²) in [6, 6.07) is -1.11. The molecule has 1 fully saturated rings. The number of unbranched alkanes of at least 4 members (excludes halogenated alkanes) is 30. The maximum Gasteiger partial charge on any atom is 0.397 e. The molecule has 8 atom stereocenters. The van der Waals surface area contributed by atoms with Gasteiger partial charge < -0.3 is 40.3 Å². The van der Waals surface area contributed by atoms with Gasteiger partial charge >= 0.3 is 10.4 Å². The van der Waals surface area contributed by atoms with E-state index in [0.717, 1.165) is 38.5 Å². The zero-order chi connectivity index (χ0) is 45.7. The fourth-order valence-electron chi connectivity index (χ4n) is 8.17. The minimum atomic E-state index is -5.12. The third-order valence-corrected chi connectivity index (χ3v) is 12.6. The van der Waals surface area contributed by atoms with Gasteiger partial charge in [0.05, 0.1) is 25.4 Å². The maximum atomic E-state index is 13.1. The number of hydrogen-bond acceptors (Lipinski definition) is 11. The Kier molecular flexibility index (Phi) is 37.0. The van der Waals surface area contributed by atoms with Crippen LogP contribution in [0.2, 0.25) is 0 Å². The maximum absolute atomic E-state index is 13.1. The van der Waals surface area contributed by atoms with Crippen molar-refractivity contribution in [2.75, 3.05) is 13.2 Å². The molecular formula is C48H93NO12S. The predicted octanol–water partition coefficient (Wildman–Crippen LogP) is 9.31. The van der Waals surface area contributed by atoms with E-state index < -0.39 is 78.5 Å². The molecule has 1 rings (SSSR count). The Bertz CT molecular complexity index is 1180. The molecule has 13 nitrogen and oxygen atoms in total. The van der Waals surface area contributed by atoms with Crippen LogP contribution in [0.25, 0.3) is 0 Å². The average Bonchev–Trinajstić information content (AvgIpc) is 3.24. The number of nitrogens with one attached hydrogen (secondary N) is 1. The first-order valence-corrected chi connectivity index (χ1v) is 26.5. The molecule has 7 N–H and O–H groups in total. The molecule has 0 aliphatic carbocycles. The second-order valence-electron chi connectivity index (χ2n) is 17.9. The molecule has 0 aromatic rings. The van der Waals surface area contributed by atoms with Crippen LogP contribution in [-0.4, -0.2) is 107 Å². The summed E-state index contributed by atoms with van der Waals surface area (Å²) in [6.07, 6.45) is 31.5. The molecule has 368 valence electrons. The summed E-state index contributed by atoms with van der Waals surface area (Å²) in [4.78, 5) is 13.1. The Labute approximate surface area is 377 Å². The lowest BCUT2D eigenvalue weighted by Gasteiger charge is -2.41. The first-order chi connectivity index (χ1) is 29.9. The number of aliphatic hydroxyl groups is 5. The minimum Gasteiger partial charge on any atom is -0.394 e. The first-order valence-electron chi connectivity index (χ1n) is 25.2. The number of amides is 1. The highest BCUT2D eigenvalue weighted by Gasteiger charge is 2.48. The summed E-state index contributed by atoms with van der Waals surface area (Å²) >= 11 is 0. The summed E-state index contributed by atoms with van der Waals surface area (Å²) in [6.45, 7) is 3.23. The monoisotopic (exact) mass is 908 g/mol. The van der Waals surface area contributed by atoms with Crippen molar-refractivity contribution in [2.45, 2.75) is 275 Å². The average molecular weight is 908 g/mol. The fourth-order valence-corrected chi connectivity index (χ4v) is 8.68. The largest absolute Gasteiger partial charge is 0.397 e. The Morgan fingerprint density at radius 2 is 1.05 bits per heavy atom. The molecular weight excluding hydrogens is 815 g/mol. The molecule has 0 unspecified atom stereocenters. The normalized spacial score (nSPS) is 21.1. The fraction of sp³-hybridized carbons (Fsp3) is 0.938. The first kappa shape index (κ1) is 58.8. The van der Waals surface area contributed by atoms with Gasteiger partial charge in [-0.25, -0.2) is 4.18 Å². The summed E-state index contributed by atoms with van der Waals surface area (Å²) in [5.74, 6) is -0.699. The zero-order valence-electron chi connectivity index (χ0n) is 39.1. The van der Waals surface area contributed by atoms with E-state index in [1.54, 1.807) is 6.08 Å². The van der Waals surface area contributed by atoms with Crippen molar-refractivity contribution in [2.24, 2.45) is 0 Å². The van der Waals surface area contributed by atoms with Crippen molar-refractivity contribution in [3.8, 4) is 0 Å². The highest BCUT2D eigenvalue weighted by atomic mass is 32.3. The van der Waals surface area contributed by atoms with Gasteiger partial charge in [0.15, 0.2) is 6.29 Å². The lowest BCUT2D eigenvalue weighted by atomic mass is 9.99. The second kappa shape index (κ2) is 39.0. The van der Waals surface area contributed by atoms with E-state index in [1.807, 2.05) is 6.08 Å². The number of aliphatic hydroxyl groups excluding tert-OH is 5. The number of carbonyl (C=O) groups is 1. The van der Waals surface area contributed by atoms with Crippen molar-refractivity contribution in [1.82, 2.24) is 5.32 Å². The van der Waals surface area contributed by atoms with Crippen LogP contribution in [0.4, 0.5) is 0 Å². The third-order valence-electron chi connectivity index (χ3n) is 12.2. The van der Waals surface area contributed by atoms with Crippen LogP contribution in [0, 0.1) is 0 Å². The van der Waals surface area contributed by atoms with E-state index in [2.05, 4.69) is 23.3 Å². The Morgan fingerprint density at radius 3 is 1.45 bits per heavy atom. The van der Waals surface area contributed by atoms with Crippen LogP contribution >= 0.6 is 0 Å². The Hall–Kier alpha value is -1.20. The molecule has 1 aliphatic heterocycles. The Balaban J connectivity index is 2.49. The van der Waals surface area contributed by atoms with Crippen LogP contribution < -0.4 is 5.32 Å². The predicted molar refractivity (Wildman–Crippen MR) is 247 cm³/mol. The van der Waals surface area contributed by atoms with Gasteiger partial charge in [-0.15, -0.1) is 0 Å². The van der Waals surface area contributed by atoms with E-state index >= 15 is 0 Å². The molecule has 0 saturated carbocycles. The van der Waals surface area contributed by atoms with Gasteiger partial charge in [-0.1, -0.05) is 219 Å². The molecule has 0 radical (unpaired) electrons. The van der Waals surface area contributed by atoms with Crippen molar-refractivity contribution >= 4 is 16.3 Å². The number of allylic oxidation sites excluding steroid dienone is 1. The van der Waals surface area contributed by atoms with Crippen molar-refractivity contribution in [1.29, 1.82) is 0 Å². The number of ether oxygens (including phenoxy) is 2. The van der Waals surface area contributed by atoms with Crippen molar-refractivity contribution in [3.05, 3.63) is 12.2 Å². The molecule has 1 saturated heterocycles. The number of carbonyl (C=O) groups excluding carboxylic acids is 1. The molecule has 0 aromatic carbocycles. The van der Waals surface area contributed by atoms with Crippen LogP contribution in [-0.2, 0) is 28.9 Å². The third kappa shape index (κ3) is 30.8.